The van der Waals surface area contributed by atoms with Gasteiger partial charge in [-0.2, -0.15) is 0 Å². The predicted octanol–water partition coefficient (Wildman–Crippen LogP) is 1.44. The molecule has 1 rings (SSSR count). The highest BCUT2D eigenvalue weighted by Crippen LogP contribution is 2.25. The second-order valence-electron chi connectivity index (χ2n) is 2.98. The fourth-order valence-electron chi connectivity index (χ4n) is 1.35. The van der Waals surface area contributed by atoms with Crippen molar-refractivity contribution < 1.29 is 14.8 Å². The summed E-state index contributed by atoms with van der Waals surface area (Å²) < 4.78 is 0. The summed E-state index contributed by atoms with van der Waals surface area (Å²) >= 11 is 0. The molecule has 0 aliphatic carbocycles. The lowest BCUT2D eigenvalue weighted by Crippen LogP contribution is -2.07. The van der Waals surface area contributed by atoms with E-state index in [2.05, 4.69) is 0 Å². The highest BCUT2D eigenvalue weighted by Gasteiger charge is 2.18. The van der Waals surface area contributed by atoms with Gasteiger partial charge in [0.1, 0.15) is 0 Å². The Labute approximate surface area is 85.5 Å². The molecule has 0 spiro atoms. The van der Waals surface area contributed by atoms with Gasteiger partial charge in [-0.1, -0.05) is 6.92 Å². The topological polar surface area (TPSA) is 106 Å². The maximum atomic E-state index is 10.8. The molecular formula is C9H10N2O4. The van der Waals surface area contributed by atoms with E-state index < -0.39 is 10.9 Å². The van der Waals surface area contributed by atoms with Crippen LogP contribution in [0.5, 0.6) is 0 Å². The lowest BCUT2D eigenvalue weighted by molar-refractivity contribution is -0.384. The minimum absolute atomic E-state index is 0.0527. The Bertz CT molecular complexity index is 428. The van der Waals surface area contributed by atoms with Gasteiger partial charge < -0.3 is 10.8 Å². The number of benzene rings is 1. The molecule has 3 N–H and O–H groups in total. The molecule has 0 fully saturated rings. The van der Waals surface area contributed by atoms with Gasteiger partial charge in [-0.15, -0.1) is 0 Å². The number of rotatable bonds is 3. The Balaban J connectivity index is 3.43. The van der Waals surface area contributed by atoms with E-state index in [1.165, 1.54) is 6.07 Å². The fraction of sp³-hybridized carbons (Fsp3) is 0.222. The molecule has 6 nitrogen and oxygen atoms in total. The number of hydrogen-bond donors (Lipinski definition) is 2. The van der Waals surface area contributed by atoms with Gasteiger partial charge in [-0.05, 0) is 12.0 Å². The van der Waals surface area contributed by atoms with Crippen molar-refractivity contribution in [2.24, 2.45) is 0 Å². The zero-order valence-corrected chi connectivity index (χ0v) is 8.06. The average molecular weight is 210 g/mol. The zero-order valence-electron chi connectivity index (χ0n) is 8.06. The van der Waals surface area contributed by atoms with Crippen molar-refractivity contribution in [3.63, 3.8) is 0 Å². The number of nitro groups is 1. The number of aryl methyl sites for hydroxylation is 1. The molecule has 0 aliphatic rings. The molecule has 0 atom stereocenters. The molecule has 1 aromatic rings. The van der Waals surface area contributed by atoms with Crippen LogP contribution in [0.15, 0.2) is 12.1 Å². The van der Waals surface area contributed by atoms with Crippen LogP contribution in [0.25, 0.3) is 0 Å². The van der Waals surface area contributed by atoms with E-state index in [9.17, 15) is 14.9 Å². The van der Waals surface area contributed by atoms with Gasteiger partial charge in [0.2, 0.25) is 0 Å². The van der Waals surface area contributed by atoms with Crippen LogP contribution in [-0.2, 0) is 6.42 Å². The van der Waals surface area contributed by atoms with Crippen LogP contribution in [0.2, 0.25) is 0 Å². The molecule has 6 heteroatoms. The van der Waals surface area contributed by atoms with E-state index in [0.29, 0.717) is 12.0 Å². The summed E-state index contributed by atoms with van der Waals surface area (Å²) in [5.74, 6) is -1.17. The van der Waals surface area contributed by atoms with Crippen LogP contribution in [0.3, 0.4) is 0 Å². The second kappa shape index (κ2) is 3.95. The number of nitro benzene ring substituents is 1. The Morgan fingerprint density at radius 2 is 2.20 bits per heavy atom. The van der Waals surface area contributed by atoms with Gasteiger partial charge in [-0.3, -0.25) is 10.1 Å². The number of nitrogen functional groups attached to an aromatic ring is 1. The molecule has 0 amide bonds. The first-order chi connectivity index (χ1) is 6.97. The highest BCUT2D eigenvalue weighted by atomic mass is 16.6. The first-order valence-electron chi connectivity index (χ1n) is 4.27. The van der Waals surface area contributed by atoms with Crippen molar-refractivity contribution in [3.8, 4) is 0 Å². The number of anilines is 1. The van der Waals surface area contributed by atoms with Crippen molar-refractivity contribution >= 4 is 17.3 Å². The molecule has 0 aliphatic heterocycles. The van der Waals surface area contributed by atoms with Crippen LogP contribution >= 0.6 is 0 Å². The van der Waals surface area contributed by atoms with Gasteiger partial charge in [0, 0.05) is 12.1 Å². The Kier molecular flexibility index (Phi) is 2.89. The Hall–Kier alpha value is -2.11. The van der Waals surface area contributed by atoms with E-state index in [1.807, 2.05) is 0 Å². The molecule has 0 saturated carbocycles. The van der Waals surface area contributed by atoms with E-state index in [-0.39, 0.29) is 16.9 Å². The monoisotopic (exact) mass is 210 g/mol. The summed E-state index contributed by atoms with van der Waals surface area (Å²) in [5, 5.41) is 19.4. The summed E-state index contributed by atoms with van der Waals surface area (Å²) in [6.07, 6.45) is 0.382. The summed E-state index contributed by atoms with van der Waals surface area (Å²) in [4.78, 5) is 20.7. The van der Waals surface area contributed by atoms with Gasteiger partial charge in [-0.25, -0.2) is 4.79 Å². The maximum absolute atomic E-state index is 10.8. The number of non-ortho nitro benzene ring substituents is 1. The number of nitrogens with zero attached hydrogens (tertiary/aromatic N) is 1. The Morgan fingerprint density at radius 3 is 2.60 bits per heavy atom. The molecule has 80 valence electrons. The molecule has 0 saturated heterocycles. The van der Waals surface area contributed by atoms with E-state index in [1.54, 1.807) is 6.92 Å². The molecule has 0 aromatic heterocycles. The summed E-state index contributed by atoms with van der Waals surface area (Å²) in [5.41, 5.74) is 5.51. The molecule has 15 heavy (non-hydrogen) atoms. The molecule has 0 unspecified atom stereocenters. The normalized spacial score (nSPS) is 9.93. The second-order valence-corrected chi connectivity index (χ2v) is 2.98. The third-order valence-electron chi connectivity index (χ3n) is 2.04. The summed E-state index contributed by atoms with van der Waals surface area (Å²) in [7, 11) is 0. The lowest BCUT2D eigenvalue weighted by Gasteiger charge is -2.06. The van der Waals surface area contributed by atoms with Gasteiger partial charge in [0.25, 0.3) is 5.69 Å². The molecule has 1 aromatic carbocycles. The number of nitrogens with two attached hydrogens (primary N) is 1. The molecule has 0 heterocycles. The predicted molar refractivity (Wildman–Crippen MR) is 53.8 cm³/mol. The first-order valence-corrected chi connectivity index (χ1v) is 4.27. The minimum Gasteiger partial charge on any atom is -0.478 e. The van der Waals surface area contributed by atoms with Crippen molar-refractivity contribution in [1.29, 1.82) is 0 Å². The first kappa shape index (κ1) is 11.0. The smallest absolute Gasteiger partial charge is 0.338 e. The largest absolute Gasteiger partial charge is 0.478 e. The maximum Gasteiger partial charge on any atom is 0.338 e. The lowest BCUT2D eigenvalue weighted by atomic mass is 10.0. The van der Waals surface area contributed by atoms with E-state index in [0.717, 1.165) is 6.07 Å². The third-order valence-corrected chi connectivity index (χ3v) is 2.04. The van der Waals surface area contributed by atoms with Crippen LogP contribution in [-0.4, -0.2) is 16.0 Å². The van der Waals surface area contributed by atoms with Crippen molar-refractivity contribution in [3.05, 3.63) is 33.4 Å². The van der Waals surface area contributed by atoms with Crippen LogP contribution < -0.4 is 5.73 Å². The number of aromatic carboxylic acids is 1. The molecule has 0 radical (unpaired) electrons. The quantitative estimate of drug-likeness (QED) is 0.446. The third kappa shape index (κ3) is 2.04. The standard InChI is InChI=1S/C9H10N2O4/c1-2-5-3-6(11(14)15)4-7(10)8(5)9(12)13/h3-4H,2,10H2,1H3,(H,12,13). The highest BCUT2D eigenvalue weighted by molar-refractivity contribution is 5.96. The number of carbonyl (C=O) groups is 1. The zero-order chi connectivity index (χ0) is 11.6. The van der Waals surface area contributed by atoms with Crippen LogP contribution in [0.1, 0.15) is 22.8 Å². The van der Waals surface area contributed by atoms with Crippen LogP contribution in [0.4, 0.5) is 11.4 Å². The van der Waals surface area contributed by atoms with Gasteiger partial charge in [0.15, 0.2) is 0 Å². The Morgan fingerprint density at radius 1 is 1.60 bits per heavy atom. The van der Waals surface area contributed by atoms with Crippen molar-refractivity contribution in [1.82, 2.24) is 0 Å². The minimum atomic E-state index is -1.17. The summed E-state index contributed by atoms with van der Waals surface area (Å²) in [6, 6.07) is 2.29. The number of carboxylic acids is 1. The SMILES string of the molecule is CCc1cc([N+](=O)[O-])cc(N)c1C(=O)O. The fourth-order valence-corrected chi connectivity index (χ4v) is 1.35. The summed E-state index contributed by atoms with van der Waals surface area (Å²) in [6.45, 7) is 1.71. The molecular weight excluding hydrogens is 200 g/mol. The van der Waals surface area contributed by atoms with Crippen molar-refractivity contribution in [2.45, 2.75) is 13.3 Å². The average Bonchev–Trinajstić information content (AvgIpc) is 2.15. The van der Waals surface area contributed by atoms with E-state index in [4.69, 9.17) is 10.8 Å². The number of carboxylic acid groups (broad SMARTS) is 1. The molecule has 0 bridgehead atoms. The number of hydrogen-bond acceptors (Lipinski definition) is 4. The van der Waals surface area contributed by atoms with Gasteiger partial charge in [0.05, 0.1) is 16.2 Å². The van der Waals surface area contributed by atoms with E-state index >= 15 is 0 Å². The van der Waals surface area contributed by atoms with Gasteiger partial charge >= 0.3 is 5.97 Å². The van der Waals surface area contributed by atoms with Crippen molar-refractivity contribution in [2.75, 3.05) is 5.73 Å². The van der Waals surface area contributed by atoms with Crippen LogP contribution in [0, 0.1) is 10.1 Å².